The highest BCUT2D eigenvalue weighted by Gasteiger charge is 1.97. The number of aryl methyl sites for hydroxylation is 1. The molecule has 0 aliphatic heterocycles. The van der Waals surface area contributed by atoms with E-state index < -0.39 is 0 Å². The first-order chi connectivity index (χ1) is 5.83. The molecule has 0 radical (unpaired) electrons. The Bertz CT molecular complexity index is 225. The summed E-state index contributed by atoms with van der Waals surface area (Å²) in [5.74, 6) is 2.01. The Morgan fingerprint density at radius 3 is 3.08 bits per heavy atom. The molecule has 0 amide bonds. The van der Waals surface area contributed by atoms with Crippen molar-refractivity contribution in [3.8, 4) is 0 Å². The molecule has 0 aromatic carbocycles. The van der Waals surface area contributed by atoms with E-state index in [9.17, 15) is 0 Å². The quantitative estimate of drug-likeness (QED) is 0.744. The zero-order valence-electron chi connectivity index (χ0n) is 7.12. The van der Waals surface area contributed by atoms with Gasteiger partial charge in [0.05, 0.1) is 0 Å². The summed E-state index contributed by atoms with van der Waals surface area (Å²) in [5, 5.41) is 11.8. The molecule has 0 aliphatic carbocycles. The minimum absolute atomic E-state index is 0.296. The first-order valence-electron chi connectivity index (χ1n) is 3.92. The molecule has 68 valence electrons. The average molecular weight is 203 g/mol. The first-order valence-corrected chi connectivity index (χ1v) is 5.96. The number of thiazole rings is 1. The smallest absolute Gasteiger partial charge is 0.103 e. The predicted octanol–water partition coefficient (Wildman–Crippen LogP) is 2.07. The number of aliphatic hydroxyl groups excluding tert-OH is 1. The van der Waals surface area contributed by atoms with Crippen LogP contribution in [0.3, 0.4) is 0 Å². The van der Waals surface area contributed by atoms with Crippen molar-refractivity contribution in [2.75, 3.05) is 12.4 Å². The molecule has 1 N–H and O–H groups in total. The normalized spacial score (nSPS) is 10.5. The van der Waals surface area contributed by atoms with E-state index in [-0.39, 0.29) is 0 Å². The number of aromatic nitrogens is 1. The summed E-state index contributed by atoms with van der Waals surface area (Å²) >= 11 is 3.55. The topological polar surface area (TPSA) is 33.1 Å². The number of rotatable bonds is 5. The minimum Gasteiger partial charge on any atom is -0.396 e. The van der Waals surface area contributed by atoms with Crippen LogP contribution in [0.1, 0.15) is 17.1 Å². The van der Waals surface area contributed by atoms with E-state index >= 15 is 0 Å². The molecule has 4 heteroatoms. The van der Waals surface area contributed by atoms with Crippen LogP contribution in [0.25, 0.3) is 0 Å². The van der Waals surface area contributed by atoms with Gasteiger partial charge in [-0.3, -0.25) is 0 Å². The van der Waals surface area contributed by atoms with Gasteiger partial charge in [0, 0.05) is 23.4 Å². The molecule has 0 spiro atoms. The molecule has 0 atom stereocenters. The number of nitrogens with zero attached hydrogens (tertiary/aromatic N) is 1. The van der Waals surface area contributed by atoms with Crippen molar-refractivity contribution in [3.63, 3.8) is 0 Å². The number of thioether (sulfide) groups is 1. The van der Waals surface area contributed by atoms with Crippen molar-refractivity contribution < 1.29 is 5.11 Å². The molecule has 2 nitrogen and oxygen atoms in total. The van der Waals surface area contributed by atoms with Crippen LogP contribution in [0.4, 0.5) is 0 Å². The summed E-state index contributed by atoms with van der Waals surface area (Å²) in [6, 6.07) is 0. The van der Waals surface area contributed by atoms with Crippen LogP contribution in [0.2, 0.25) is 0 Å². The molecule has 1 rings (SSSR count). The van der Waals surface area contributed by atoms with Crippen molar-refractivity contribution in [2.45, 2.75) is 19.1 Å². The van der Waals surface area contributed by atoms with Gasteiger partial charge < -0.3 is 5.11 Å². The second-order valence-corrected chi connectivity index (χ2v) is 4.56. The molecule has 0 saturated carbocycles. The molecule has 12 heavy (non-hydrogen) atoms. The van der Waals surface area contributed by atoms with Gasteiger partial charge in [-0.05, 0) is 19.1 Å². The van der Waals surface area contributed by atoms with Crippen LogP contribution in [0.15, 0.2) is 5.38 Å². The predicted molar refractivity (Wildman–Crippen MR) is 54.7 cm³/mol. The van der Waals surface area contributed by atoms with Gasteiger partial charge in [0.25, 0.3) is 0 Å². The summed E-state index contributed by atoms with van der Waals surface area (Å²) in [7, 11) is 0. The second-order valence-electron chi connectivity index (χ2n) is 2.51. The number of aliphatic hydroxyl groups is 1. The van der Waals surface area contributed by atoms with Crippen LogP contribution >= 0.6 is 23.1 Å². The third-order valence-electron chi connectivity index (χ3n) is 1.34. The zero-order chi connectivity index (χ0) is 8.81. The Balaban J connectivity index is 2.15. The van der Waals surface area contributed by atoms with Crippen molar-refractivity contribution in [1.29, 1.82) is 0 Å². The van der Waals surface area contributed by atoms with E-state index in [1.165, 1.54) is 5.01 Å². The second kappa shape index (κ2) is 5.56. The van der Waals surface area contributed by atoms with Gasteiger partial charge >= 0.3 is 0 Å². The van der Waals surface area contributed by atoms with E-state index in [0.717, 1.165) is 23.6 Å². The van der Waals surface area contributed by atoms with E-state index in [2.05, 4.69) is 10.4 Å². The highest BCUT2D eigenvalue weighted by atomic mass is 32.2. The maximum atomic E-state index is 8.54. The van der Waals surface area contributed by atoms with Crippen molar-refractivity contribution in [1.82, 2.24) is 4.98 Å². The van der Waals surface area contributed by atoms with Crippen LogP contribution in [0, 0.1) is 6.92 Å². The lowest BCUT2D eigenvalue weighted by Crippen LogP contribution is -1.87. The highest BCUT2D eigenvalue weighted by Crippen LogP contribution is 2.16. The molecular weight excluding hydrogens is 190 g/mol. The van der Waals surface area contributed by atoms with Gasteiger partial charge in [0.1, 0.15) is 5.01 Å². The molecule has 1 heterocycles. The highest BCUT2D eigenvalue weighted by molar-refractivity contribution is 7.98. The summed E-state index contributed by atoms with van der Waals surface area (Å²) < 4.78 is 0. The van der Waals surface area contributed by atoms with Gasteiger partial charge in [0.2, 0.25) is 0 Å². The van der Waals surface area contributed by atoms with Crippen molar-refractivity contribution >= 4 is 23.1 Å². The molecule has 0 bridgehead atoms. The third-order valence-corrected chi connectivity index (χ3v) is 3.54. The third kappa shape index (κ3) is 3.56. The molecular formula is C8H13NOS2. The van der Waals surface area contributed by atoms with Gasteiger partial charge in [-0.15, -0.1) is 11.3 Å². The summed E-state index contributed by atoms with van der Waals surface area (Å²) in [6.45, 7) is 2.31. The van der Waals surface area contributed by atoms with Crippen molar-refractivity contribution in [2.24, 2.45) is 0 Å². The summed E-state index contributed by atoms with van der Waals surface area (Å²) in [6.07, 6.45) is 0.884. The molecule has 0 unspecified atom stereocenters. The molecule has 0 fully saturated rings. The van der Waals surface area contributed by atoms with Gasteiger partial charge in [0.15, 0.2) is 0 Å². The monoisotopic (exact) mass is 203 g/mol. The minimum atomic E-state index is 0.296. The lowest BCUT2D eigenvalue weighted by Gasteiger charge is -1.95. The summed E-state index contributed by atoms with van der Waals surface area (Å²) in [5.41, 5.74) is 1.11. The maximum Gasteiger partial charge on any atom is 0.103 e. The fourth-order valence-electron chi connectivity index (χ4n) is 0.795. The maximum absolute atomic E-state index is 8.54. The largest absolute Gasteiger partial charge is 0.396 e. The molecule has 1 aromatic rings. The Labute approximate surface area is 81.0 Å². The van der Waals surface area contributed by atoms with Gasteiger partial charge in [-0.1, -0.05) is 0 Å². The number of hydrogen-bond acceptors (Lipinski definition) is 4. The standard InChI is InChI=1S/C8H13NOS2/c1-7-5-12-8(9-7)6-11-4-2-3-10/h5,10H,2-4,6H2,1H3. The average Bonchev–Trinajstić information content (AvgIpc) is 2.45. The lowest BCUT2D eigenvalue weighted by atomic mass is 10.5. The molecule has 0 saturated heterocycles. The van der Waals surface area contributed by atoms with Crippen LogP contribution in [-0.2, 0) is 5.75 Å². The van der Waals surface area contributed by atoms with Gasteiger partial charge in [-0.25, -0.2) is 4.98 Å². The fraction of sp³-hybridized carbons (Fsp3) is 0.625. The van der Waals surface area contributed by atoms with Crippen molar-refractivity contribution in [3.05, 3.63) is 16.1 Å². The Morgan fingerprint density at radius 1 is 1.67 bits per heavy atom. The van der Waals surface area contributed by atoms with Crippen LogP contribution in [-0.4, -0.2) is 22.5 Å². The first kappa shape index (κ1) is 10.0. The van der Waals surface area contributed by atoms with Gasteiger partial charge in [-0.2, -0.15) is 11.8 Å². The molecule has 1 aromatic heterocycles. The SMILES string of the molecule is Cc1csc(CSCCCO)n1. The van der Waals surface area contributed by atoms with E-state index in [1.807, 2.05) is 18.7 Å². The van der Waals surface area contributed by atoms with Crippen LogP contribution < -0.4 is 0 Å². The Hall–Kier alpha value is -0.0600. The summed E-state index contributed by atoms with van der Waals surface area (Å²) in [4.78, 5) is 4.34. The van der Waals surface area contributed by atoms with E-state index in [1.54, 1.807) is 11.3 Å². The van der Waals surface area contributed by atoms with E-state index in [0.29, 0.717) is 6.61 Å². The Morgan fingerprint density at radius 2 is 2.50 bits per heavy atom. The lowest BCUT2D eigenvalue weighted by molar-refractivity contribution is 0.296. The zero-order valence-corrected chi connectivity index (χ0v) is 8.75. The molecule has 0 aliphatic rings. The fourth-order valence-corrected chi connectivity index (χ4v) is 2.59. The number of hydrogen-bond donors (Lipinski definition) is 1. The van der Waals surface area contributed by atoms with E-state index in [4.69, 9.17) is 5.11 Å². The Kier molecular flexibility index (Phi) is 4.65. The van der Waals surface area contributed by atoms with Crippen LogP contribution in [0.5, 0.6) is 0 Å².